The third-order valence-electron chi connectivity index (χ3n) is 2.13. The molecular weight excluding hydrogens is 282 g/mol. The summed E-state index contributed by atoms with van der Waals surface area (Å²) in [5, 5.41) is 0.801. The molecule has 0 bridgehead atoms. The van der Waals surface area contributed by atoms with Crippen molar-refractivity contribution < 1.29 is 36.0 Å². The van der Waals surface area contributed by atoms with Crippen LogP contribution in [0.1, 0.15) is 20.3 Å². The molecule has 0 aliphatic rings. The fourth-order valence-electron chi connectivity index (χ4n) is 1.12. The molecule has 0 saturated heterocycles. The fraction of sp³-hybridized carbons (Fsp3) is 0.667. The summed E-state index contributed by atoms with van der Waals surface area (Å²) >= 11 is 0. The van der Waals surface area contributed by atoms with Crippen LogP contribution in [0.25, 0.3) is 0 Å². The van der Waals surface area contributed by atoms with Gasteiger partial charge in [0.2, 0.25) is 5.54 Å². The zero-order valence-corrected chi connectivity index (χ0v) is 10.00. The van der Waals surface area contributed by atoms with E-state index >= 15 is 0 Å². The van der Waals surface area contributed by atoms with Gasteiger partial charge in [0, 0.05) is 5.70 Å². The van der Waals surface area contributed by atoms with Crippen LogP contribution in [0.15, 0.2) is 12.3 Å². The van der Waals surface area contributed by atoms with E-state index in [9.17, 15) is 31.1 Å². The van der Waals surface area contributed by atoms with Crippen molar-refractivity contribution in [2.75, 3.05) is 0 Å². The van der Waals surface area contributed by atoms with Crippen molar-refractivity contribution in [2.45, 2.75) is 38.2 Å². The highest BCUT2D eigenvalue weighted by atomic mass is 19.4. The molecule has 19 heavy (non-hydrogen) atoms. The van der Waals surface area contributed by atoms with Gasteiger partial charge in [0.15, 0.2) is 0 Å². The van der Waals surface area contributed by atoms with Crippen molar-refractivity contribution in [1.82, 2.24) is 10.8 Å². The van der Waals surface area contributed by atoms with Gasteiger partial charge in [-0.05, 0) is 13.3 Å². The molecule has 0 aromatic carbocycles. The summed E-state index contributed by atoms with van der Waals surface area (Å²) in [6.45, 7) is 5.11. The second-order valence-electron chi connectivity index (χ2n) is 3.65. The minimum absolute atomic E-state index is 0.0243. The highest BCUT2D eigenvalue weighted by Crippen LogP contribution is 2.45. The lowest BCUT2D eigenvalue weighted by Crippen LogP contribution is -2.67. The summed E-state index contributed by atoms with van der Waals surface area (Å²) in [4.78, 5) is 14.9. The highest BCUT2D eigenvalue weighted by Gasteiger charge is 2.71. The van der Waals surface area contributed by atoms with E-state index in [1.54, 1.807) is 5.48 Å². The summed E-state index contributed by atoms with van der Waals surface area (Å²) < 4.78 is 75.6. The molecule has 10 heteroatoms. The third kappa shape index (κ3) is 3.93. The number of carbonyl (C=O) groups is 1. The highest BCUT2D eigenvalue weighted by molar-refractivity contribution is 5.68. The number of halogens is 6. The number of hydroxylamine groups is 1. The molecule has 0 atom stereocenters. The summed E-state index contributed by atoms with van der Waals surface area (Å²) in [6, 6.07) is 0. The first kappa shape index (κ1) is 17.4. The molecule has 0 heterocycles. The lowest BCUT2D eigenvalue weighted by Gasteiger charge is -2.36. The molecule has 0 radical (unpaired) electrons. The molecule has 0 aliphatic heterocycles. The van der Waals surface area contributed by atoms with E-state index < -0.39 is 30.4 Å². The zero-order valence-electron chi connectivity index (χ0n) is 10.00. The third-order valence-corrected chi connectivity index (χ3v) is 2.13. The SMILES string of the molecule is C=C(C)NOC(=O)NC(CC)(C(F)(F)F)C(F)(F)F. The Bertz CT molecular complexity index is 336. The minimum Gasteiger partial charge on any atom is -0.325 e. The van der Waals surface area contributed by atoms with Crippen LogP contribution in [0.4, 0.5) is 31.1 Å². The maximum absolute atomic E-state index is 12.6. The van der Waals surface area contributed by atoms with E-state index in [-0.39, 0.29) is 5.70 Å². The van der Waals surface area contributed by atoms with Crippen LogP contribution in [0.5, 0.6) is 0 Å². The van der Waals surface area contributed by atoms with E-state index in [0.29, 0.717) is 6.92 Å². The predicted molar refractivity (Wildman–Crippen MR) is 52.7 cm³/mol. The van der Waals surface area contributed by atoms with E-state index in [0.717, 1.165) is 5.32 Å². The lowest BCUT2D eigenvalue weighted by atomic mass is 9.94. The molecule has 0 aromatic heterocycles. The normalized spacial score (nSPS) is 12.8. The largest absolute Gasteiger partial charge is 0.432 e. The molecule has 0 aliphatic carbocycles. The molecule has 4 nitrogen and oxygen atoms in total. The Kier molecular flexibility index (Phi) is 5.10. The van der Waals surface area contributed by atoms with Gasteiger partial charge >= 0.3 is 18.4 Å². The van der Waals surface area contributed by atoms with Crippen LogP contribution in [-0.2, 0) is 4.84 Å². The van der Waals surface area contributed by atoms with Crippen LogP contribution in [-0.4, -0.2) is 24.0 Å². The summed E-state index contributed by atoms with van der Waals surface area (Å²) in [5.74, 6) is 0. The van der Waals surface area contributed by atoms with Gasteiger partial charge in [0.1, 0.15) is 0 Å². The first-order valence-corrected chi connectivity index (χ1v) is 4.91. The van der Waals surface area contributed by atoms with Crippen LogP contribution in [0.2, 0.25) is 0 Å². The van der Waals surface area contributed by atoms with Crippen LogP contribution < -0.4 is 10.8 Å². The molecule has 0 unspecified atom stereocenters. The van der Waals surface area contributed by atoms with Gasteiger partial charge in [-0.2, -0.15) is 26.3 Å². The van der Waals surface area contributed by atoms with E-state index in [4.69, 9.17) is 0 Å². The van der Waals surface area contributed by atoms with Crippen molar-refractivity contribution in [3.8, 4) is 0 Å². The van der Waals surface area contributed by atoms with Crippen molar-refractivity contribution in [1.29, 1.82) is 0 Å². The van der Waals surface area contributed by atoms with Gasteiger partial charge in [-0.15, -0.1) is 0 Å². The Morgan fingerprint density at radius 3 is 1.84 bits per heavy atom. The predicted octanol–water partition coefficient (Wildman–Crippen LogP) is 3.02. The number of carbonyl (C=O) groups excluding carboxylic acids is 1. The van der Waals surface area contributed by atoms with E-state index in [2.05, 4.69) is 11.4 Å². The summed E-state index contributed by atoms with van der Waals surface area (Å²) in [6.07, 6.45) is -14.8. The molecule has 112 valence electrons. The van der Waals surface area contributed by atoms with E-state index in [1.165, 1.54) is 6.92 Å². The van der Waals surface area contributed by atoms with Gasteiger partial charge in [-0.25, -0.2) is 10.3 Å². The Morgan fingerprint density at radius 2 is 1.58 bits per heavy atom. The molecule has 2 N–H and O–H groups in total. The molecular formula is C9H12F6N2O2. The molecule has 0 fully saturated rings. The number of hydrogen-bond acceptors (Lipinski definition) is 3. The number of hydrogen-bond donors (Lipinski definition) is 2. The Hall–Kier alpha value is -1.61. The lowest BCUT2D eigenvalue weighted by molar-refractivity contribution is -0.305. The summed E-state index contributed by atoms with van der Waals surface area (Å²) in [7, 11) is 0. The minimum atomic E-state index is -5.72. The number of allylic oxidation sites excluding steroid dienone is 1. The van der Waals surface area contributed by atoms with Crippen molar-refractivity contribution in [3.63, 3.8) is 0 Å². The summed E-state index contributed by atoms with van der Waals surface area (Å²) in [5.41, 5.74) is -2.59. The smallest absolute Gasteiger partial charge is 0.325 e. The van der Waals surface area contributed by atoms with Gasteiger partial charge < -0.3 is 4.84 Å². The molecule has 1 amide bonds. The first-order chi connectivity index (χ1) is 8.37. The number of rotatable bonds is 4. The molecule has 0 spiro atoms. The molecule has 0 aromatic rings. The first-order valence-electron chi connectivity index (χ1n) is 4.91. The average Bonchev–Trinajstić information content (AvgIpc) is 2.19. The Balaban J connectivity index is 5.19. The monoisotopic (exact) mass is 294 g/mol. The Labute approximate surface area is 104 Å². The quantitative estimate of drug-likeness (QED) is 0.619. The second-order valence-corrected chi connectivity index (χ2v) is 3.65. The Morgan fingerprint density at radius 1 is 1.16 bits per heavy atom. The second kappa shape index (κ2) is 5.57. The number of nitrogens with one attached hydrogen (secondary N) is 2. The molecule has 0 saturated carbocycles. The van der Waals surface area contributed by atoms with E-state index in [1.807, 2.05) is 0 Å². The number of alkyl halides is 6. The van der Waals surface area contributed by atoms with Crippen LogP contribution in [0, 0.1) is 0 Å². The maximum Gasteiger partial charge on any atom is 0.432 e. The van der Waals surface area contributed by atoms with Crippen molar-refractivity contribution in [2.24, 2.45) is 0 Å². The molecule has 0 rings (SSSR count). The number of amides is 1. The zero-order chi connectivity index (χ0) is 15.5. The topological polar surface area (TPSA) is 50.4 Å². The van der Waals surface area contributed by atoms with Crippen LogP contribution in [0.3, 0.4) is 0 Å². The van der Waals surface area contributed by atoms with Gasteiger partial charge in [-0.3, -0.25) is 5.32 Å². The average molecular weight is 294 g/mol. The van der Waals surface area contributed by atoms with Gasteiger partial charge in [-0.1, -0.05) is 13.5 Å². The fourth-order valence-corrected chi connectivity index (χ4v) is 1.12. The van der Waals surface area contributed by atoms with Gasteiger partial charge in [0.05, 0.1) is 0 Å². The van der Waals surface area contributed by atoms with Crippen molar-refractivity contribution in [3.05, 3.63) is 12.3 Å². The van der Waals surface area contributed by atoms with Crippen LogP contribution >= 0.6 is 0 Å². The maximum atomic E-state index is 12.6. The van der Waals surface area contributed by atoms with Crippen molar-refractivity contribution >= 4 is 6.09 Å². The standard InChI is InChI=1S/C9H12F6N2O2/c1-4-7(8(10,11)12,9(13,14)15)16-6(18)19-17-5(2)3/h17H,2,4H2,1,3H3,(H,16,18). The van der Waals surface area contributed by atoms with Gasteiger partial charge in [0.25, 0.3) is 0 Å².